The van der Waals surface area contributed by atoms with Crippen molar-refractivity contribution in [1.82, 2.24) is 0 Å². The van der Waals surface area contributed by atoms with Crippen LogP contribution in [-0.2, 0) is 10.5 Å². The van der Waals surface area contributed by atoms with Crippen LogP contribution in [0.4, 0.5) is 10.1 Å². The maximum Gasteiger partial charge on any atom is 0.262 e. The van der Waals surface area contributed by atoms with Crippen LogP contribution in [0.3, 0.4) is 0 Å². The summed E-state index contributed by atoms with van der Waals surface area (Å²) < 4.78 is 18.7. The van der Waals surface area contributed by atoms with Gasteiger partial charge in [-0.1, -0.05) is 24.3 Å². The van der Waals surface area contributed by atoms with Crippen LogP contribution < -0.4 is 10.1 Å². The van der Waals surface area contributed by atoms with E-state index in [2.05, 4.69) is 16.8 Å². The lowest BCUT2D eigenvalue weighted by Crippen LogP contribution is -2.20. The Bertz CT molecular complexity index is 837. The zero-order valence-corrected chi connectivity index (χ0v) is 14.9. The summed E-state index contributed by atoms with van der Waals surface area (Å²) in [4.78, 5) is 13.1. The minimum Gasteiger partial charge on any atom is -0.481 e. The smallest absolute Gasteiger partial charge is 0.262 e. The number of rotatable bonds is 7. The number of amides is 1. The van der Waals surface area contributed by atoms with E-state index < -0.39 is 5.82 Å². The van der Waals surface area contributed by atoms with Crippen LogP contribution in [0.5, 0.6) is 5.75 Å². The van der Waals surface area contributed by atoms with E-state index >= 15 is 0 Å². The first-order valence-corrected chi connectivity index (χ1v) is 9.55. The zero-order valence-electron chi connectivity index (χ0n) is 13.3. The lowest BCUT2D eigenvalue weighted by Gasteiger charge is -2.11. The quantitative estimate of drug-likeness (QED) is 0.579. The number of halogens is 1. The molecule has 6 heteroatoms. The fraction of sp³-hybridized carbons (Fsp3) is 0.105. The zero-order chi connectivity index (χ0) is 17.5. The van der Waals surface area contributed by atoms with Gasteiger partial charge in [0.05, 0.1) is 5.69 Å². The summed E-state index contributed by atoms with van der Waals surface area (Å²) in [6.07, 6.45) is 0. The van der Waals surface area contributed by atoms with Gasteiger partial charge in [-0.3, -0.25) is 4.79 Å². The fourth-order valence-electron chi connectivity index (χ4n) is 2.12. The topological polar surface area (TPSA) is 38.3 Å². The van der Waals surface area contributed by atoms with Gasteiger partial charge in [0, 0.05) is 10.6 Å². The van der Waals surface area contributed by atoms with Gasteiger partial charge in [0.15, 0.2) is 18.2 Å². The molecular formula is C19H16FNO2S2. The monoisotopic (exact) mass is 373 g/mol. The van der Waals surface area contributed by atoms with Crippen molar-refractivity contribution in [3.8, 4) is 5.75 Å². The van der Waals surface area contributed by atoms with Crippen LogP contribution in [0, 0.1) is 5.82 Å². The number of hydrogen-bond donors (Lipinski definition) is 1. The first kappa shape index (κ1) is 17.5. The predicted octanol–water partition coefficient (Wildman–Crippen LogP) is 5.20. The van der Waals surface area contributed by atoms with Crippen LogP contribution in [0.15, 0.2) is 70.3 Å². The fourth-order valence-corrected chi connectivity index (χ4v) is 3.85. The van der Waals surface area contributed by atoms with Gasteiger partial charge in [-0.05, 0) is 46.7 Å². The first-order chi connectivity index (χ1) is 12.2. The molecule has 0 bridgehead atoms. The van der Waals surface area contributed by atoms with E-state index in [9.17, 15) is 9.18 Å². The minimum atomic E-state index is -0.484. The van der Waals surface area contributed by atoms with Crippen molar-refractivity contribution < 1.29 is 13.9 Å². The highest BCUT2D eigenvalue weighted by Crippen LogP contribution is 2.30. The number of anilines is 1. The Labute approximate surface area is 153 Å². The highest BCUT2D eigenvalue weighted by atomic mass is 32.2. The number of thioether (sulfide) groups is 1. The summed E-state index contributed by atoms with van der Waals surface area (Å²) in [5, 5.41) is 6.98. The Kier molecular flexibility index (Phi) is 6.09. The number of para-hydroxylation sites is 2. The normalized spacial score (nSPS) is 10.4. The number of ether oxygens (including phenoxy) is 1. The van der Waals surface area contributed by atoms with Crippen molar-refractivity contribution in [2.75, 3.05) is 11.9 Å². The lowest BCUT2D eigenvalue weighted by atomic mass is 10.3. The van der Waals surface area contributed by atoms with Gasteiger partial charge < -0.3 is 10.1 Å². The Morgan fingerprint density at radius 2 is 1.92 bits per heavy atom. The predicted molar refractivity (Wildman–Crippen MR) is 101 cm³/mol. The van der Waals surface area contributed by atoms with Gasteiger partial charge in [0.1, 0.15) is 0 Å². The molecule has 0 fully saturated rings. The molecule has 0 atom stereocenters. The number of carbonyl (C=O) groups excluding carboxylic acids is 1. The Morgan fingerprint density at radius 1 is 1.12 bits per heavy atom. The summed E-state index contributed by atoms with van der Waals surface area (Å²) in [5.74, 6) is 0.0916. The molecule has 25 heavy (non-hydrogen) atoms. The summed E-state index contributed by atoms with van der Waals surface area (Å²) >= 11 is 3.32. The van der Waals surface area contributed by atoms with E-state index in [1.54, 1.807) is 35.2 Å². The van der Waals surface area contributed by atoms with E-state index in [0.717, 1.165) is 16.3 Å². The highest BCUT2D eigenvalue weighted by Gasteiger charge is 2.10. The van der Waals surface area contributed by atoms with Gasteiger partial charge >= 0.3 is 0 Å². The van der Waals surface area contributed by atoms with Crippen LogP contribution in [0.1, 0.15) is 5.56 Å². The molecule has 3 nitrogen and oxygen atoms in total. The Hall–Kier alpha value is -2.31. The molecule has 128 valence electrons. The largest absolute Gasteiger partial charge is 0.481 e. The molecule has 0 radical (unpaired) electrons. The first-order valence-electron chi connectivity index (χ1n) is 7.62. The molecule has 0 aliphatic rings. The second-order valence-electron chi connectivity index (χ2n) is 5.18. The van der Waals surface area contributed by atoms with Crippen LogP contribution in [0.25, 0.3) is 0 Å². The molecule has 0 aliphatic heterocycles. The van der Waals surface area contributed by atoms with E-state index in [4.69, 9.17) is 4.74 Å². The molecule has 0 spiro atoms. The summed E-state index contributed by atoms with van der Waals surface area (Å²) in [7, 11) is 0. The molecule has 0 saturated carbocycles. The molecule has 0 aliphatic carbocycles. The third-order valence-electron chi connectivity index (χ3n) is 3.33. The molecular weight excluding hydrogens is 357 g/mol. The third-order valence-corrected chi connectivity index (χ3v) is 5.21. The molecule has 1 amide bonds. The van der Waals surface area contributed by atoms with E-state index in [0.29, 0.717) is 0 Å². The Morgan fingerprint density at radius 3 is 2.72 bits per heavy atom. The van der Waals surface area contributed by atoms with Crippen molar-refractivity contribution in [3.05, 3.63) is 76.7 Å². The summed E-state index contributed by atoms with van der Waals surface area (Å²) in [6.45, 7) is -0.246. The third kappa shape index (κ3) is 5.08. The van der Waals surface area contributed by atoms with Crippen LogP contribution >= 0.6 is 23.1 Å². The number of hydrogen-bond acceptors (Lipinski definition) is 4. The average Bonchev–Trinajstić information content (AvgIpc) is 3.14. The van der Waals surface area contributed by atoms with Crippen molar-refractivity contribution in [2.24, 2.45) is 0 Å². The molecule has 2 aromatic carbocycles. The molecule has 3 rings (SSSR count). The highest BCUT2D eigenvalue weighted by molar-refractivity contribution is 7.98. The van der Waals surface area contributed by atoms with Gasteiger partial charge in [0.25, 0.3) is 5.91 Å². The van der Waals surface area contributed by atoms with Gasteiger partial charge in [-0.25, -0.2) is 4.39 Å². The molecule has 3 aromatic rings. The molecule has 0 unspecified atom stereocenters. The van der Waals surface area contributed by atoms with Crippen molar-refractivity contribution >= 4 is 34.7 Å². The second kappa shape index (κ2) is 8.69. The number of thiophene rings is 1. The van der Waals surface area contributed by atoms with Crippen LogP contribution in [-0.4, -0.2) is 12.5 Å². The summed E-state index contributed by atoms with van der Waals surface area (Å²) in [5.41, 5.74) is 1.98. The summed E-state index contributed by atoms with van der Waals surface area (Å²) in [6, 6.07) is 15.7. The SMILES string of the molecule is O=C(COc1ccccc1F)Nc1ccccc1SCc1ccsc1. The maximum atomic E-state index is 13.5. The van der Waals surface area contributed by atoms with Gasteiger partial charge in [-0.2, -0.15) is 11.3 Å². The van der Waals surface area contributed by atoms with Gasteiger partial charge in [0.2, 0.25) is 0 Å². The molecule has 1 aromatic heterocycles. The number of nitrogens with one attached hydrogen (secondary N) is 1. The van der Waals surface area contributed by atoms with E-state index in [-0.39, 0.29) is 18.3 Å². The number of carbonyl (C=O) groups is 1. The van der Waals surface area contributed by atoms with Crippen molar-refractivity contribution in [3.63, 3.8) is 0 Å². The standard InChI is InChI=1S/C19H16FNO2S2/c20-15-5-1-3-7-17(15)23-11-19(22)21-16-6-2-4-8-18(16)25-13-14-9-10-24-12-14/h1-10,12H,11,13H2,(H,21,22). The van der Waals surface area contributed by atoms with E-state index in [1.165, 1.54) is 17.7 Å². The lowest BCUT2D eigenvalue weighted by molar-refractivity contribution is -0.118. The van der Waals surface area contributed by atoms with Crippen molar-refractivity contribution in [1.29, 1.82) is 0 Å². The maximum absolute atomic E-state index is 13.5. The van der Waals surface area contributed by atoms with E-state index in [1.807, 2.05) is 29.6 Å². The minimum absolute atomic E-state index is 0.0674. The van der Waals surface area contributed by atoms with Crippen LogP contribution in [0.2, 0.25) is 0 Å². The molecule has 0 saturated heterocycles. The molecule has 1 N–H and O–H groups in total. The van der Waals surface area contributed by atoms with Gasteiger partial charge in [-0.15, -0.1) is 11.8 Å². The Balaban J connectivity index is 1.58. The number of benzene rings is 2. The second-order valence-corrected chi connectivity index (χ2v) is 6.98. The average molecular weight is 373 g/mol. The molecule has 1 heterocycles. The van der Waals surface area contributed by atoms with Crippen molar-refractivity contribution in [2.45, 2.75) is 10.6 Å².